The van der Waals surface area contributed by atoms with Gasteiger partial charge in [0.2, 0.25) is 5.56 Å². The van der Waals surface area contributed by atoms with E-state index in [2.05, 4.69) is 15.6 Å². The number of hydrogen-bond donors (Lipinski definition) is 3. The number of hydrogen-bond acceptors (Lipinski definition) is 6. The second-order valence-corrected chi connectivity index (χ2v) is 8.59. The third-order valence-corrected chi connectivity index (χ3v) is 4.62. The van der Waals surface area contributed by atoms with Crippen LogP contribution in [0.15, 0.2) is 71.7 Å². The lowest BCUT2D eigenvalue weighted by Gasteiger charge is -2.20. The molecule has 2 heterocycles. The van der Waals surface area contributed by atoms with Crippen molar-refractivity contribution in [2.75, 3.05) is 11.9 Å². The molecule has 0 bridgehead atoms. The molecule has 8 heteroatoms. The summed E-state index contributed by atoms with van der Waals surface area (Å²) in [6.45, 7) is 5.66. The zero-order valence-electron chi connectivity index (χ0n) is 18.7. The van der Waals surface area contributed by atoms with Crippen LogP contribution in [0.3, 0.4) is 0 Å². The third kappa shape index (κ3) is 5.74. The lowest BCUT2D eigenvalue weighted by molar-refractivity contribution is -0.124. The van der Waals surface area contributed by atoms with Crippen molar-refractivity contribution in [2.45, 2.75) is 26.3 Å². The first kappa shape index (κ1) is 22.0. The van der Waals surface area contributed by atoms with E-state index in [4.69, 9.17) is 14.7 Å². The summed E-state index contributed by atoms with van der Waals surface area (Å²) in [6.07, 6.45) is 1.57. The van der Waals surface area contributed by atoms with Crippen LogP contribution in [0.2, 0.25) is 0 Å². The average molecular weight is 444 g/mol. The van der Waals surface area contributed by atoms with Gasteiger partial charge in [-0.25, -0.2) is 9.97 Å². The minimum Gasteiger partial charge on any atom is -0.484 e. The third-order valence-electron chi connectivity index (χ3n) is 4.62. The molecule has 8 nitrogen and oxygen atoms in total. The summed E-state index contributed by atoms with van der Waals surface area (Å²) in [5.41, 5.74) is 1.58. The number of amides is 1. The molecular formula is C25H25N5O3. The van der Waals surface area contributed by atoms with E-state index in [0.29, 0.717) is 23.1 Å². The Bertz CT molecular complexity index is 1360. The molecule has 3 N–H and O–H groups in total. The van der Waals surface area contributed by atoms with Crippen LogP contribution >= 0.6 is 0 Å². The van der Waals surface area contributed by atoms with Crippen LogP contribution in [0.4, 0.5) is 11.5 Å². The maximum absolute atomic E-state index is 12.1. The predicted octanol–water partition coefficient (Wildman–Crippen LogP) is 4.02. The number of nitrogens with zero attached hydrogens (tertiary/aromatic N) is 2. The van der Waals surface area contributed by atoms with E-state index in [0.717, 1.165) is 16.5 Å². The molecule has 0 radical (unpaired) electrons. The minimum absolute atomic E-state index is 0.0886. The van der Waals surface area contributed by atoms with E-state index < -0.39 is 0 Å². The van der Waals surface area contributed by atoms with E-state index in [9.17, 15) is 9.59 Å². The van der Waals surface area contributed by atoms with Gasteiger partial charge in [0.25, 0.3) is 5.91 Å². The van der Waals surface area contributed by atoms with Gasteiger partial charge in [-0.15, -0.1) is 0 Å². The minimum atomic E-state index is -0.325. The molecule has 2 aromatic heterocycles. The fraction of sp³-hybridized carbons (Fsp3) is 0.200. The summed E-state index contributed by atoms with van der Waals surface area (Å²) in [5, 5.41) is 6.91. The van der Waals surface area contributed by atoms with E-state index in [1.807, 2.05) is 57.2 Å². The average Bonchev–Trinajstić information content (AvgIpc) is 2.77. The van der Waals surface area contributed by atoms with Gasteiger partial charge in [-0.05, 0) is 51.1 Å². The van der Waals surface area contributed by atoms with Crippen molar-refractivity contribution in [1.29, 1.82) is 0 Å². The second kappa shape index (κ2) is 9.12. The normalized spacial score (nSPS) is 11.2. The first-order valence-electron chi connectivity index (χ1n) is 10.5. The maximum Gasteiger partial charge on any atom is 0.258 e. The van der Waals surface area contributed by atoms with Crippen molar-refractivity contribution in [3.05, 3.63) is 77.2 Å². The Labute approximate surface area is 191 Å². The summed E-state index contributed by atoms with van der Waals surface area (Å²) < 4.78 is 5.68. The maximum atomic E-state index is 12.1. The van der Waals surface area contributed by atoms with E-state index in [1.165, 1.54) is 6.07 Å². The Kier molecular flexibility index (Phi) is 6.08. The highest BCUT2D eigenvalue weighted by atomic mass is 16.5. The molecule has 0 unspecified atom stereocenters. The molecule has 0 atom stereocenters. The molecule has 0 aliphatic rings. The van der Waals surface area contributed by atoms with E-state index in [1.54, 1.807) is 24.4 Å². The number of anilines is 2. The lowest BCUT2D eigenvalue weighted by atomic mass is 10.1. The quantitative estimate of drug-likeness (QED) is 0.415. The van der Waals surface area contributed by atoms with Crippen molar-refractivity contribution in [3.8, 4) is 17.1 Å². The Morgan fingerprint density at radius 1 is 1.03 bits per heavy atom. The molecule has 1 amide bonds. The zero-order chi connectivity index (χ0) is 23.4. The number of benzene rings is 2. The van der Waals surface area contributed by atoms with Gasteiger partial charge in [-0.1, -0.05) is 24.3 Å². The zero-order valence-corrected chi connectivity index (χ0v) is 18.7. The Balaban J connectivity index is 1.64. The van der Waals surface area contributed by atoms with Crippen LogP contribution in [0.25, 0.3) is 22.3 Å². The largest absolute Gasteiger partial charge is 0.484 e. The van der Waals surface area contributed by atoms with Crippen LogP contribution in [-0.4, -0.2) is 33.0 Å². The van der Waals surface area contributed by atoms with Crippen molar-refractivity contribution in [2.24, 2.45) is 0 Å². The molecule has 4 aromatic rings. The number of aromatic nitrogens is 3. The van der Waals surface area contributed by atoms with E-state index in [-0.39, 0.29) is 23.6 Å². The van der Waals surface area contributed by atoms with Crippen LogP contribution in [0.5, 0.6) is 5.75 Å². The van der Waals surface area contributed by atoms with Crippen LogP contribution in [0.1, 0.15) is 20.8 Å². The van der Waals surface area contributed by atoms with Gasteiger partial charge in [0.1, 0.15) is 11.6 Å². The van der Waals surface area contributed by atoms with Crippen molar-refractivity contribution in [3.63, 3.8) is 0 Å². The van der Waals surface area contributed by atoms with Gasteiger partial charge in [-0.3, -0.25) is 9.59 Å². The monoisotopic (exact) mass is 443 g/mol. The highest BCUT2D eigenvalue weighted by molar-refractivity contribution is 5.92. The van der Waals surface area contributed by atoms with Gasteiger partial charge >= 0.3 is 0 Å². The molecule has 0 saturated carbocycles. The molecule has 0 saturated heterocycles. The summed E-state index contributed by atoms with van der Waals surface area (Å²) in [6, 6.07) is 18.1. The number of aromatic amines is 1. The molecule has 4 rings (SSSR count). The molecule has 2 aromatic carbocycles. The highest BCUT2D eigenvalue weighted by Crippen LogP contribution is 2.28. The second-order valence-electron chi connectivity index (χ2n) is 8.59. The SMILES string of the molecule is CC(C)(C)NC(=O)COc1cccc(-c2nc(Nc3cc[nH]c(=O)c3)c3ccccc3n2)c1. The summed E-state index contributed by atoms with van der Waals surface area (Å²) in [5.74, 6) is 1.42. The van der Waals surface area contributed by atoms with Crippen molar-refractivity contribution in [1.82, 2.24) is 20.3 Å². The van der Waals surface area contributed by atoms with Crippen LogP contribution in [0, 0.1) is 0 Å². The van der Waals surface area contributed by atoms with Gasteiger partial charge in [-0.2, -0.15) is 0 Å². The summed E-state index contributed by atoms with van der Waals surface area (Å²) >= 11 is 0. The first-order chi connectivity index (χ1) is 15.8. The number of carbonyl (C=O) groups is 1. The topological polar surface area (TPSA) is 109 Å². The molecule has 0 fully saturated rings. The number of para-hydroxylation sites is 1. The fourth-order valence-electron chi connectivity index (χ4n) is 3.29. The number of rotatable bonds is 6. The number of pyridine rings is 1. The predicted molar refractivity (Wildman–Crippen MR) is 129 cm³/mol. The fourth-order valence-corrected chi connectivity index (χ4v) is 3.29. The van der Waals surface area contributed by atoms with Gasteiger partial charge in [0.05, 0.1) is 5.52 Å². The molecule has 168 valence electrons. The molecule has 0 aliphatic carbocycles. The van der Waals surface area contributed by atoms with Crippen molar-refractivity contribution >= 4 is 28.3 Å². The Hall–Kier alpha value is -4.20. The first-order valence-corrected chi connectivity index (χ1v) is 10.5. The smallest absolute Gasteiger partial charge is 0.258 e. The molecular weight excluding hydrogens is 418 g/mol. The lowest BCUT2D eigenvalue weighted by Crippen LogP contribution is -2.43. The standard InChI is InChI=1S/C25H25N5O3/c1-25(2,3)30-22(32)15-33-18-8-6-7-16(13-18)23-28-20-10-5-4-9-19(20)24(29-23)27-17-11-12-26-21(31)14-17/h4-14H,15H2,1-3H3,(H,30,32)(H2,26,27,28,29,31). The summed E-state index contributed by atoms with van der Waals surface area (Å²) in [7, 11) is 0. The molecule has 33 heavy (non-hydrogen) atoms. The summed E-state index contributed by atoms with van der Waals surface area (Å²) in [4.78, 5) is 35.8. The van der Waals surface area contributed by atoms with Gasteiger partial charge < -0.3 is 20.4 Å². The number of carbonyl (C=O) groups excluding carboxylic acids is 1. The van der Waals surface area contributed by atoms with Gasteiger partial charge in [0.15, 0.2) is 12.4 Å². The molecule has 0 aliphatic heterocycles. The van der Waals surface area contributed by atoms with Gasteiger partial charge in [0, 0.05) is 34.4 Å². The van der Waals surface area contributed by atoms with Crippen molar-refractivity contribution < 1.29 is 9.53 Å². The van der Waals surface area contributed by atoms with E-state index >= 15 is 0 Å². The van der Waals surface area contributed by atoms with Crippen LogP contribution < -0.4 is 20.9 Å². The van der Waals surface area contributed by atoms with Crippen LogP contribution in [-0.2, 0) is 4.79 Å². The number of ether oxygens (including phenoxy) is 1. The highest BCUT2D eigenvalue weighted by Gasteiger charge is 2.15. The number of H-pyrrole nitrogens is 1. The Morgan fingerprint density at radius 3 is 2.64 bits per heavy atom. The number of nitrogens with one attached hydrogen (secondary N) is 3. The molecule has 0 spiro atoms. The number of fused-ring (bicyclic) bond motifs is 1. The Morgan fingerprint density at radius 2 is 1.85 bits per heavy atom.